The van der Waals surface area contributed by atoms with E-state index in [0.717, 1.165) is 5.57 Å². The quantitative estimate of drug-likeness (QED) is 0.451. The van der Waals surface area contributed by atoms with Crippen LogP contribution in [-0.2, 0) is 4.79 Å². The molecule has 0 aliphatic heterocycles. The van der Waals surface area contributed by atoms with Crippen molar-refractivity contribution in [2.24, 2.45) is 0 Å². The molecule has 0 saturated heterocycles. The van der Waals surface area contributed by atoms with Crippen LogP contribution in [0.2, 0.25) is 5.02 Å². The van der Waals surface area contributed by atoms with Crippen LogP contribution in [0.1, 0.15) is 24.2 Å². The fourth-order valence-corrected chi connectivity index (χ4v) is 1.54. The summed E-state index contributed by atoms with van der Waals surface area (Å²) in [5.41, 5.74) is 1.48. The number of ketones is 1. The maximum absolute atomic E-state index is 11.9. The predicted molar refractivity (Wildman–Crippen MR) is 70.6 cm³/mol. The van der Waals surface area contributed by atoms with E-state index in [1.54, 1.807) is 6.07 Å². The van der Waals surface area contributed by atoms with Crippen molar-refractivity contribution in [3.8, 4) is 0 Å². The highest BCUT2D eigenvalue weighted by atomic mass is 35.5. The van der Waals surface area contributed by atoms with Crippen LogP contribution >= 0.6 is 11.6 Å². The smallest absolute Gasteiger partial charge is 0.210 e. The number of carbonyl (C=O) groups is 2. The molecule has 1 aromatic rings. The average molecular weight is 267 g/mol. The van der Waals surface area contributed by atoms with Crippen molar-refractivity contribution in [3.63, 3.8) is 0 Å². The molecule has 0 bridgehead atoms. The van der Waals surface area contributed by atoms with Gasteiger partial charge >= 0.3 is 0 Å². The normalized spacial score (nSPS) is 9.72. The van der Waals surface area contributed by atoms with E-state index in [2.05, 4.69) is 4.98 Å². The van der Waals surface area contributed by atoms with Crippen LogP contribution in [0.25, 0.3) is 0 Å². The minimum Gasteiger partial charge on any atom is -0.334 e. The molecule has 96 valence electrons. The van der Waals surface area contributed by atoms with Crippen molar-refractivity contribution in [2.45, 2.75) is 13.8 Å². The van der Waals surface area contributed by atoms with Crippen LogP contribution in [0.3, 0.4) is 0 Å². The number of amides is 1. The van der Waals surface area contributed by atoms with Crippen molar-refractivity contribution in [2.75, 3.05) is 13.1 Å². The van der Waals surface area contributed by atoms with Gasteiger partial charge in [0.1, 0.15) is 0 Å². The number of nitrogens with zero attached hydrogens (tertiary/aromatic N) is 2. The molecule has 1 amide bonds. The lowest BCUT2D eigenvalue weighted by Gasteiger charge is -2.14. The van der Waals surface area contributed by atoms with E-state index < -0.39 is 0 Å². The third-order valence-corrected chi connectivity index (χ3v) is 2.60. The van der Waals surface area contributed by atoms with Gasteiger partial charge in [-0.15, -0.1) is 0 Å². The molecule has 0 aliphatic rings. The highest BCUT2D eigenvalue weighted by molar-refractivity contribution is 6.33. The zero-order chi connectivity index (χ0) is 13.5. The molecule has 0 N–H and O–H groups in total. The van der Waals surface area contributed by atoms with E-state index in [4.69, 9.17) is 11.6 Å². The van der Waals surface area contributed by atoms with Crippen LogP contribution in [0.15, 0.2) is 30.1 Å². The third-order valence-electron chi connectivity index (χ3n) is 2.30. The molecule has 0 aliphatic carbocycles. The van der Waals surface area contributed by atoms with Crippen LogP contribution < -0.4 is 0 Å². The summed E-state index contributed by atoms with van der Waals surface area (Å²) in [5, 5.41) is 0.301. The molecule has 0 aromatic carbocycles. The number of pyridine rings is 1. The summed E-state index contributed by atoms with van der Waals surface area (Å²) >= 11 is 5.87. The first-order valence-electron chi connectivity index (χ1n) is 5.50. The Bertz CT molecular complexity index is 468. The second kappa shape index (κ2) is 6.91. The van der Waals surface area contributed by atoms with Crippen LogP contribution in [0.4, 0.5) is 0 Å². The van der Waals surface area contributed by atoms with Gasteiger partial charge in [-0.05, 0) is 19.9 Å². The molecule has 0 radical (unpaired) electrons. The van der Waals surface area contributed by atoms with Gasteiger partial charge in [-0.1, -0.05) is 23.3 Å². The first-order valence-corrected chi connectivity index (χ1v) is 5.87. The molecule has 5 heteroatoms. The van der Waals surface area contributed by atoms with Crippen molar-refractivity contribution < 1.29 is 9.59 Å². The van der Waals surface area contributed by atoms with Gasteiger partial charge in [-0.2, -0.15) is 0 Å². The number of hydrogen-bond donors (Lipinski definition) is 0. The molecule has 0 unspecified atom stereocenters. The molecular weight excluding hydrogens is 252 g/mol. The Balaban J connectivity index is 2.71. The first kappa shape index (κ1) is 14.4. The lowest BCUT2D eigenvalue weighted by atomic mass is 10.1. The Labute approximate surface area is 111 Å². The Hall–Kier alpha value is -1.68. The van der Waals surface area contributed by atoms with E-state index in [1.165, 1.54) is 17.3 Å². The fourth-order valence-electron chi connectivity index (χ4n) is 1.32. The van der Waals surface area contributed by atoms with Gasteiger partial charge in [0.2, 0.25) is 6.41 Å². The monoisotopic (exact) mass is 266 g/mol. The molecule has 0 spiro atoms. The van der Waals surface area contributed by atoms with Gasteiger partial charge in [-0.25, -0.2) is 0 Å². The summed E-state index contributed by atoms with van der Waals surface area (Å²) in [5.74, 6) is -0.198. The average Bonchev–Trinajstić information content (AvgIpc) is 2.34. The standard InChI is InChI=1S/C13H15ClN2O2/c1-10(2)4-6-16(9-17)8-13(18)11-3-5-15-7-12(11)14/h3-5,7,9H,6,8H2,1-2H3. The second-order valence-electron chi connectivity index (χ2n) is 4.10. The second-order valence-corrected chi connectivity index (χ2v) is 4.50. The summed E-state index contributed by atoms with van der Waals surface area (Å²) in [6.07, 6.45) is 5.46. The number of hydrogen-bond acceptors (Lipinski definition) is 3. The summed E-state index contributed by atoms with van der Waals surface area (Å²) in [6.45, 7) is 4.30. The summed E-state index contributed by atoms with van der Waals surface area (Å²) in [7, 11) is 0. The highest BCUT2D eigenvalue weighted by Gasteiger charge is 2.13. The number of aromatic nitrogens is 1. The van der Waals surface area contributed by atoms with Gasteiger partial charge in [0.25, 0.3) is 0 Å². The Kier molecular flexibility index (Phi) is 5.52. The van der Waals surface area contributed by atoms with Crippen LogP contribution in [0, 0.1) is 0 Å². The van der Waals surface area contributed by atoms with E-state index in [0.29, 0.717) is 23.5 Å². The number of halogens is 1. The number of rotatable bonds is 6. The topological polar surface area (TPSA) is 50.3 Å². The van der Waals surface area contributed by atoms with Gasteiger partial charge in [0, 0.05) is 24.5 Å². The SMILES string of the molecule is CC(C)=CCN(C=O)CC(=O)c1ccncc1Cl. The van der Waals surface area contributed by atoms with Gasteiger partial charge in [0.15, 0.2) is 5.78 Å². The maximum atomic E-state index is 11.9. The van der Waals surface area contributed by atoms with E-state index >= 15 is 0 Å². The third kappa shape index (κ3) is 4.30. The minimum absolute atomic E-state index is 0.0109. The Morgan fingerprint density at radius 2 is 2.22 bits per heavy atom. The fraction of sp³-hybridized carbons (Fsp3) is 0.308. The predicted octanol–water partition coefficient (Wildman–Crippen LogP) is 2.34. The molecule has 18 heavy (non-hydrogen) atoms. The van der Waals surface area contributed by atoms with Crippen molar-refractivity contribution in [1.29, 1.82) is 0 Å². The van der Waals surface area contributed by atoms with Crippen LogP contribution in [0.5, 0.6) is 0 Å². The number of Topliss-reactive ketones (excluding diaryl/α,β-unsaturated/α-hetero) is 1. The largest absolute Gasteiger partial charge is 0.334 e. The molecule has 1 aromatic heterocycles. The van der Waals surface area contributed by atoms with Crippen molar-refractivity contribution in [1.82, 2.24) is 9.88 Å². The lowest BCUT2D eigenvalue weighted by Crippen LogP contribution is -2.29. The molecule has 0 atom stereocenters. The minimum atomic E-state index is -0.198. The van der Waals surface area contributed by atoms with Crippen molar-refractivity contribution in [3.05, 3.63) is 40.7 Å². The first-order chi connectivity index (χ1) is 8.54. The molecule has 4 nitrogen and oxygen atoms in total. The number of allylic oxidation sites excluding steroid dienone is 1. The molecule has 1 rings (SSSR count). The van der Waals surface area contributed by atoms with E-state index in [1.807, 2.05) is 19.9 Å². The zero-order valence-electron chi connectivity index (χ0n) is 10.4. The van der Waals surface area contributed by atoms with Crippen molar-refractivity contribution >= 4 is 23.8 Å². The lowest BCUT2D eigenvalue weighted by molar-refractivity contribution is -0.117. The summed E-state index contributed by atoms with van der Waals surface area (Å²) in [6, 6.07) is 1.55. The zero-order valence-corrected chi connectivity index (χ0v) is 11.1. The molecule has 0 saturated carbocycles. The molecule has 0 fully saturated rings. The maximum Gasteiger partial charge on any atom is 0.210 e. The molecular formula is C13H15ClN2O2. The van der Waals surface area contributed by atoms with Gasteiger partial charge in [0.05, 0.1) is 11.6 Å². The Morgan fingerprint density at radius 3 is 2.78 bits per heavy atom. The molecule has 1 heterocycles. The number of carbonyl (C=O) groups excluding carboxylic acids is 2. The van der Waals surface area contributed by atoms with Crippen LogP contribution in [-0.4, -0.2) is 35.2 Å². The van der Waals surface area contributed by atoms with E-state index in [-0.39, 0.29) is 12.3 Å². The van der Waals surface area contributed by atoms with Gasteiger partial charge < -0.3 is 4.90 Å². The van der Waals surface area contributed by atoms with E-state index in [9.17, 15) is 9.59 Å². The highest BCUT2D eigenvalue weighted by Crippen LogP contribution is 2.14. The summed E-state index contributed by atoms with van der Waals surface area (Å²) < 4.78 is 0. The van der Waals surface area contributed by atoms with Gasteiger partial charge in [-0.3, -0.25) is 14.6 Å². The Morgan fingerprint density at radius 1 is 1.50 bits per heavy atom. The summed E-state index contributed by atoms with van der Waals surface area (Å²) in [4.78, 5) is 28.0.